The molecular weight excluding hydrogens is 312 g/mol. The summed E-state index contributed by atoms with van der Waals surface area (Å²) in [6, 6.07) is 7.94. The maximum Gasteiger partial charge on any atom is 0.242 e. The van der Waals surface area contributed by atoms with Gasteiger partial charge in [0, 0.05) is 38.3 Å². The first-order chi connectivity index (χ1) is 11.7. The molecule has 1 amide bonds. The zero-order valence-corrected chi connectivity index (χ0v) is 16.7. The van der Waals surface area contributed by atoms with Crippen LogP contribution < -0.4 is 5.32 Å². The van der Waals surface area contributed by atoms with E-state index >= 15 is 0 Å². The average molecular weight is 347 g/mol. The number of benzene rings is 1. The molecule has 1 fully saturated rings. The number of likely N-dealkylation sites (N-methyl/N-ethyl adjacent to an activating group) is 2. The highest BCUT2D eigenvalue weighted by atomic mass is 16.2. The summed E-state index contributed by atoms with van der Waals surface area (Å²) in [5, 5.41) is 3.19. The fraction of sp³-hybridized carbons (Fsp3) is 0.650. The SMILES string of the molecule is Cc1cccc([C@H](C(=O)NCC(C)(C)N2CCN(C)CC2)N(C)C)c1. The fourth-order valence-corrected chi connectivity index (χ4v) is 3.45. The van der Waals surface area contributed by atoms with Gasteiger partial charge in [0.15, 0.2) is 0 Å². The van der Waals surface area contributed by atoms with Crippen molar-refractivity contribution >= 4 is 5.91 Å². The molecule has 1 saturated heterocycles. The van der Waals surface area contributed by atoms with E-state index in [1.807, 2.05) is 31.1 Å². The average Bonchev–Trinajstić information content (AvgIpc) is 2.53. The van der Waals surface area contributed by atoms with E-state index in [0.29, 0.717) is 6.54 Å². The molecule has 0 radical (unpaired) electrons. The number of aryl methyl sites for hydroxylation is 1. The quantitative estimate of drug-likeness (QED) is 0.852. The molecule has 0 spiro atoms. The van der Waals surface area contributed by atoms with Gasteiger partial charge in [0.25, 0.3) is 0 Å². The summed E-state index contributed by atoms with van der Waals surface area (Å²) < 4.78 is 0. The van der Waals surface area contributed by atoms with Crippen molar-refractivity contribution in [2.45, 2.75) is 32.4 Å². The lowest BCUT2D eigenvalue weighted by Crippen LogP contribution is -2.58. The maximum absolute atomic E-state index is 12.9. The third-order valence-electron chi connectivity index (χ3n) is 5.18. The van der Waals surface area contributed by atoms with E-state index in [4.69, 9.17) is 0 Å². The smallest absolute Gasteiger partial charge is 0.242 e. The Morgan fingerprint density at radius 1 is 1.24 bits per heavy atom. The van der Waals surface area contributed by atoms with Gasteiger partial charge in [0.05, 0.1) is 0 Å². The van der Waals surface area contributed by atoms with Gasteiger partial charge in [0.1, 0.15) is 6.04 Å². The molecule has 1 N–H and O–H groups in total. The first kappa shape index (κ1) is 19.9. The normalized spacial score (nSPS) is 18.4. The van der Waals surface area contributed by atoms with Crippen molar-refractivity contribution in [3.05, 3.63) is 35.4 Å². The Morgan fingerprint density at radius 2 is 1.88 bits per heavy atom. The van der Waals surface area contributed by atoms with Gasteiger partial charge in [-0.3, -0.25) is 14.6 Å². The lowest BCUT2D eigenvalue weighted by atomic mass is 9.99. The topological polar surface area (TPSA) is 38.8 Å². The molecule has 5 nitrogen and oxygen atoms in total. The number of rotatable bonds is 6. The molecule has 140 valence electrons. The van der Waals surface area contributed by atoms with Crippen LogP contribution in [-0.4, -0.2) is 80.0 Å². The molecule has 1 aliphatic heterocycles. The summed E-state index contributed by atoms with van der Waals surface area (Å²) in [6.45, 7) is 11.4. The summed E-state index contributed by atoms with van der Waals surface area (Å²) in [7, 11) is 6.08. The van der Waals surface area contributed by atoms with E-state index in [1.54, 1.807) is 0 Å². The number of nitrogens with one attached hydrogen (secondary N) is 1. The molecular formula is C20H34N4O. The minimum atomic E-state index is -0.261. The fourth-order valence-electron chi connectivity index (χ4n) is 3.45. The van der Waals surface area contributed by atoms with Crippen molar-refractivity contribution in [2.75, 3.05) is 53.9 Å². The Balaban J connectivity index is 2.01. The Hall–Kier alpha value is -1.43. The Morgan fingerprint density at radius 3 is 2.44 bits per heavy atom. The van der Waals surface area contributed by atoms with Crippen LogP contribution in [0.5, 0.6) is 0 Å². The molecule has 5 heteroatoms. The van der Waals surface area contributed by atoms with Crippen LogP contribution in [0.4, 0.5) is 0 Å². The summed E-state index contributed by atoms with van der Waals surface area (Å²) in [4.78, 5) is 19.7. The number of amides is 1. The van der Waals surface area contributed by atoms with Gasteiger partial charge >= 0.3 is 0 Å². The molecule has 0 saturated carbocycles. The number of carbonyl (C=O) groups excluding carboxylic acids is 1. The van der Waals surface area contributed by atoms with Crippen LogP contribution in [0.2, 0.25) is 0 Å². The number of nitrogens with zero attached hydrogens (tertiary/aromatic N) is 3. The number of carbonyl (C=O) groups is 1. The highest BCUT2D eigenvalue weighted by Crippen LogP contribution is 2.21. The molecule has 1 heterocycles. The Kier molecular flexibility index (Phi) is 6.60. The van der Waals surface area contributed by atoms with Gasteiger partial charge in [-0.15, -0.1) is 0 Å². The third-order valence-corrected chi connectivity index (χ3v) is 5.18. The van der Waals surface area contributed by atoms with Crippen LogP contribution in [0.1, 0.15) is 31.0 Å². The number of hydrogen-bond acceptors (Lipinski definition) is 4. The minimum absolute atomic E-state index is 0.0413. The molecule has 1 atom stereocenters. The van der Waals surface area contributed by atoms with Crippen LogP contribution in [0, 0.1) is 6.92 Å². The van der Waals surface area contributed by atoms with E-state index in [-0.39, 0.29) is 17.5 Å². The summed E-state index contributed by atoms with van der Waals surface area (Å²) in [5.74, 6) is 0.0674. The van der Waals surface area contributed by atoms with E-state index in [1.165, 1.54) is 5.56 Å². The van der Waals surface area contributed by atoms with Gasteiger partial charge in [-0.25, -0.2) is 0 Å². The lowest BCUT2D eigenvalue weighted by Gasteiger charge is -2.43. The molecule has 0 unspecified atom stereocenters. The summed E-state index contributed by atoms with van der Waals surface area (Å²) >= 11 is 0. The molecule has 1 aromatic rings. The second kappa shape index (κ2) is 8.30. The molecule has 1 aromatic carbocycles. The standard InChI is InChI=1S/C20H34N4O/c1-16-8-7-9-17(14-16)18(22(4)5)19(25)21-15-20(2,3)24-12-10-23(6)11-13-24/h7-9,14,18H,10-13,15H2,1-6H3,(H,21,25)/t18-/m1/s1. The van der Waals surface area contributed by atoms with E-state index in [2.05, 4.69) is 55.1 Å². The molecule has 1 aliphatic rings. The predicted molar refractivity (Wildman–Crippen MR) is 104 cm³/mol. The van der Waals surface area contributed by atoms with Crippen LogP contribution in [0.25, 0.3) is 0 Å². The molecule has 2 rings (SSSR count). The monoisotopic (exact) mass is 346 g/mol. The first-order valence-electron chi connectivity index (χ1n) is 9.15. The first-order valence-corrected chi connectivity index (χ1v) is 9.15. The van der Waals surface area contributed by atoms with Crippen molar-refractivity contribution in [3.8, 4) is 0 Å². The van der Waals surface area contributed by atoms with Crippen molar-refractivity contribution in [1.82, 2.24) is 20.0 Å². The second-order valence-electron chi connectivity index (χ2n) is 8.10. The van der Waals surface area contributed by atoms with Crippen LogP contribution in [0.3, 0.4) is 0 Å². The van der Waals surface area contributed by atoms with Crippen molar-refractivity contribution in [3.63, 3.8) is 0 Å². The summed E-state index contributed by atoms with van der Waals surface area (Å²) in [6.07, 6.45) is 0. The van der Waals surface area contributed by atoms with E-state index in [0.717, 1.165) is 31.7 Å². The van der Waals surface area contributed by atoms with E-state index in [9.17, 15) is 4.79 Å². The molecule has 0 aromatic heterocycles. The highest BCUT2D eigenvalue weighted by Gasteiger charge is 2.31. The van der Waals surface area contributed by atoms with Crippen LogP contribution in [0.15, 0.2) is 24.3 Å². The molecule has 0 bridgehead atoms. The largest absolute Gasteiger partial charge is 0.353 e. The van der Waals surface area contributed by atoms with Crippen molar-refractivity contribution < 1.29 is 4.79 Å². The van der Waals surface area contributed by atoms with Crippen molar-refractivity contribution in [1.29, 1.82) is 0 Å². The van der Waals surface area contributed by atoms with Gasteiger partial charge in [-0.2, -0.15) is 0 Å². The minimum Gasteiger partial charge on any atom is -0.353 e. The molecule has 0 aliphatic carbocycles. The third kappa shape index (κ3) is 5.27. The zero-order chi connectivity index (χ0) is 18.6. The van der Waals surface area contributed by atoms with Crippen LogP contribution >= 0.6 is 0 Å². The van der Waals surface area contributed by atoms with Gasteiger partial charge in [0.2, 0.25) is 5.91 Å². The van der Waals surface area contributed by atoms with Gasteiger partial charge in [-0.05, 0) is 47.5 Å². The maximum atomic E-state index is 12.9. The van der Waals surface area contributed by atoms with Gasteiger partial charge in [-0.1, -0.05) is 29.8 Å². The Labute approximate surface area is 153 Å². The second-order valence-corrected chi connectivity index (χ2v) is 8.10. The zero-order valence-electron chi connectivity index (χ0n) is 16.7. The predicted octanol–water partition coefficient (Wildman–Crippen LogP) is 1.74. The van der Waals surface area contributed by atoms with E-state index < -0.39 is 0 Å². The van der Waals surface area contributed by atoms with Crippen molar-refractivity contribution in [2.24, 2.45) is 0 Å². The van der Waals surface area contributed by atoms with Gasteiger partial charge < -0.3 is 10.2 Å². The number of hydrogen-bond donors (Lipinski definition) is 1. The highest BCUT2D eigenvalue weighted by molar-refractivity contribution is 5.83. The molecule has 25 heavy (non-hydrogen) atoms. The number of piperazine rings is 1. The summed E-state index contributed by atoms with van der Waals surface area (Å²) in [5.41, 5.74) is 2.18. The van der Waals surface area contributed by atoms with Crippen LogP contribution in [-0.2, 0) is 4.79 Å². The Bertz CT molecular complexity index is 577. The lowest BCUT2D eigenvalue weighted by molar-refractivity contribution is -0.126.